The third kappa shape index (κ3) is 20.3. The van der Waals surface area contributed by atoms with Gasteiger partial charge in [0.05, 0.1) is 6.10 Å². The van der Waals surface area contributed by atoms with Crippen molar-refractivity contribution in [3.05, 3.63) is 11.6 Å². The van der Waals surface area contributed by atoms with E-state index in [1.165, 1.54) is 83.1 Å². The van der Waals surface area contributed by atoms with Crippen molar-refractivity contribution in [1.82, 2.24) is 0 Å². The molecule has 0 aromatic carbocycles. The lowest BCUT2D eigenvalue weighted by atomic mass is 10.0. The standard InChI is InChI=1S/C26H48O5/c1-2-3-4-5-6-7-8-9-10-11-12-14-17-20-23(27)21-18-15-13-16-19-22-24(25(28)29)26(30)31/h22-23,27H,2-21H2,1H3,(H,28,29)(H,30,31). The summed E-state index contributed by atoms with van der Waals surface area (Å²) in [5.41, 5.74) is -0.548. The molecule has 5 nitrogen and oxygen atoms in total. The number of allylic oxidation sites excluding steroid dienone is 1. The topological polar surface area (TPSA) is 94.8 Å². The van der Waals surface area contributed by atoms with Gasteiger partial charge in [-0.25, -0.2) is 9.59 Å². The number of hydrogen-bond donors (Lipinski definition) is 3. The van der Waals surface area contributed by atoms with E-state index >= 15 is 0 Å². The van der Waals surface area contributed by atoms with Crippen LogP contribution in [0.15, 0.2) is 11.6 Å². The number of carboxylic acids is 2. The largest absolute Gasteiger partial charge is 0.477 e. The maximum absolute atomic E-state index is 10.7. The summed E-state index contributed by atoms with van der Waals surface area (Å²) in [7, 11) is 0. The van der Waals surface area contributed by atoms with Gasteiger partial charge >= 0.3 is 11.9 Å². The predicted octanol–water partition coefficient (Wildman–Crippen LogP) is 7.26. The van der Waals surface area contributed by atoms with Crippen molar-refractivity contribution in [1.29, 1.82) is 0 Å². The maximum atomic E-state index is 10.7. The van der Waals surface area contributed by atoms with Crippen molar-refractivity contribution in [3.8, 4) is 0 Å². The Morgan fingerprint density at radius 3 is 1.35 bits per heavy atom. The summed E-state index contributed by atoms with van der Waals surface area (Å²) in [5.74, 6) is -2.77. The molecule has 31 heavy (non-hydrogen) atoms. The molecule has 0 saturated heterocycles. The first kappa shape index (κ1) is 29.6. The molecule has 3 N–H and O–H groups in total. The zero-order chi connectivity index (χ0) is 23.2. The van der Waals surface area contributed by atoms with Gasteiger partial charge in [0.1, 0.15) is 5.57 Å². The van der Waals surface area contributed by atoms with E-state index < -0.39 is 17.5 Å². The quantitative estimate of drug-likeness (QED) is 0.0672. The van der Waals surface area contributed by atoms with Crippen molar-refractivity contribution in [2.24, 2.45) is 0 Å². The van der Waals surface area contributed by atoms with Gasteiger partial charge < -0.3 is 15.3 Å². The van der Waals surface area contributed by atoms with Gasteiger partial charge in [-0.1, -0.05) is 116 Å². The number of unbranched alkanes of at least 4 members (excludes halogenated alkanes) is 16. The summed E-state index contributed by atoms with van der Waals surface area (Å²) in [6.45, 7) is 2.26. The van der Waals surface area contributed by atoms with E-state index in [4.69, 9.17) is 10.2 Å². The number of aliphatic carboxylic acids is 2. The number of aliphatic hydroxyl groups is 1. The highest BCUT2D eigenvalue weighted by molar-refractivity contribution is 6.12. The molecule has 1 atom stereocenters. The molecule has 0 aromatic rings. The second kappa shape index (κ2) is 21.9. The van der Waals surface area contributed by atoms with E-state index in [0.717, 1.165) is 44.9 Å². The maximum Gasteiger partial charge on any atom is 0.342 e. The number of carbonyl (C=O) groups is 2. The number of hydrogen-bond acceptors (Lipinski definition) is 3. The fraction of sp³-hybridized carbons (Fsp3) is 0.846. The molecule has 0 aliphatic rings. The van der Waals surface area contributed by atoms with Gasteiger partial charge in [-0.15, -0.1) is 0 Å². The van der Waals surface area contributed by atoms with Crippen molar-refractivity contribution < 1.29 is 24.9 Å². The van der Waals surface area contributed by atoms with Gasteiger partial charge in [0, 0.05) is 0 Å². The average molecular weight is 441 g/mol. The Hall–Kier alpha value is -1.36. The lowest BCUT2D eigenvalue weighted by Gasteiger charge is -2.10. The summed E-state index contributed by atoms with van der Waals surface area (Å²) < 4.78 is 0. The highest BCUT2D eigenvalue weighted by atomic mass is 16.4. The molecule has 0 bridgehead atoms. The summed E-state index contributed by atoms with van der Waals surface area (Å²) in [4.78, 5) is 21.5. The second-order valence-corrected chi connectivity index (χ2v) is 8.90. The first-order valence-corrected chi connectivity index (χ1v) is 12.8. The zero-order valence-corrected chi connectivity index (χ0v) is 20.0. The van der Waals surface area contributed by atoms with Gasteiger partial charge in [0.25, 0.3) is 0 Å². The van der Waals surface area contributed by atoms with Crippen LogP contribution in [-0.4, -0.2) is 33.4 Å². The molecule has 0 aliphatic carbocycles. The van der Waals surface area contributed by atoms with Crippen LogP contribution in [0.2, 0.25) is 0 Å². The highest BCUT2D eigenvalue weighted by Gasteiger charge is 2.14. The molecule has 0 fully saturated rings. The lowest BCUT2D eigenvalue weighted by molar-refractivity contribution is -0.140. The molecular formula is C26H48O5. The summed E-state index contributed by atoms with van der Waals surface area (Å²) >= 11 is 0. The van der Waals surface area contributed by atoms with Crippen LogP contribution in [0.25, 0.3) is 0 Å². The Labute approximate surface area is 190 Å². The molecule has 0 radical (unpaired) electrons. The van der Waals surface area contributed by atoms with Crippen molar-refractivity contribution in [2.75, 3.05) is 0 Å². The Kier molecular flexibility index (Phi) is 20.9. The summed E-state index contributed by atoms with van der Waals surface area (Å²) in [6, 6.07) is 0. The van der Waals surface area contributed by atoms with Gasteiger partial charge in [-0.05, 0) is 25.7 Å². The molecule has 182 valence electrons. The van der Waals surface area contributed by atoms with Crippen LogP contribution in [-0.2, 0) is 9.59 Å². The van der Waals surface area contributed by atoms with Gasteiger partial charge in [0.15, 0.2) is 0 Å². The fourth-order valence-electron chi connectivity index (χ4n) is 3.93. The van der Waals surface area contributed by atoms with E-state index in [2.05, 4.69) is 6.92 Å². The molecule has 0 heterocycles. The minimum absolute atomic E-state index is 0.210. The van der Waals surface area contributed by atoms with Crippen molar-refractivity contribution in [2.45, 2.75) is 141 Å². The number of carboxylic acid groups (broad SMARTS) is 2. The van der Waals surface area contributed by atoms with E-state index in [1.807, 2.05) is 0 Å². The molecule has 0 saturated carbocycles. The molecule has 0 rings (SSSR count). The van der Waals surface area contributed by atoms with Crippen LogP contribution in [0.4, 0.5) is 0 Å². The van der Waals surface area contributed by atoms with Crippen molar-refractivity contribution in [3.63, 3.8) is 0 Å². The van der Waals surface area contributed by atoms with E-state index in [1.54, 1.807) is 0 Å². The molecule has 0 amide bonds. The van der Waals surface area contributed by atoms with E-state index in [-0.39, 0.29) is 6.10 Å². The Morgan fingerprint density at radius 1 is 0.613 bits per heavy atom. The predicted molar refractivity (Wildman–Crippen MR) is 127 cm³/mol. The highest BCUT2D eigenvalue weighted by Crippen LogP contribution is 2.15. The van der Waals surface area contributed by atoms with Crippen LogP contribution >= 0.6 is 0 Å². The Bertz CT molecular complexity index is 456. The van der Waals surface area contributed by atoms with E-state index in [0.29, 0.717) is 6.42 Å². The molecule has 1 unspecified atom stereocenters. The third-order valence-corrected chi connectivity index (χ3v) is 5.94. The third-order valence-electron chi connectivity index (χ3n) is 5.94. The SMILES string of the molecule is CCCCCCCCCCCCCCCC(O)CCCCCCC=C(C(=O)O)C(=O)O. The van der Waals surface area contributed by atoms with Crippen molar-refractivity contribution >= 4 is 11.9 Å². The van der Waals surface area contributed by atoms with Crippen LogP contribution < -0.4 is 0 Å². The van der Waals surface area contributed by atoms with Gasteiger partial charge in [-0.3, -0.25) is 0 Å². The second-order valence-electron chi connectivity index (χ2n) is 8.90. The molecule has 0 spiro atoms. The summed E-state index contributed by atoms with van der Waals surface area (Å²) in [6.07, 6.45) is 24.3. The number of aliphatic hydroxyl groups excluding tert-OH is 1. The Morgan fingerprint density at radius 2 is 0.968 bits per heavy atom. The van der Waals surface area contributed by atoms with Crippen LogP contribution in [0, 0.1) is 0 Å². The molecule has 5 heteroatoms. The minimum Gasteiger partial charge on any atom is -0.477 e. The Balaban J connectivity index is 3.38. The minimum atomic E-state index is -1.39. The zero-order valence-electron chi connectivity index (χ0n) is 20.0. The van der Waals surface area contributed by atoms with E-state index in [9.17, 15) is 14.7 Å². The average Bonchev–Trinajstić information content (AvgIpc) is 2.72. The van der Waals surface area contributed by atoms with Crippen LogP contribution in [0.3, 0.4) is 0 Å². The first-order valence-electron chi connectivity index (χ1n) is 12.8. The monoisotopic (exact) mass is 440 g/mol. The molecular weight excluding hydrogens is 392 g/mol. The van der Waals surface area contributed by atoms with Gasteiger partial charge in [0.2, 0.25) is 0 Å². The first-order chi connectivity index (χ1) is 15.0. The lowest BCUT2D eigenvalue weighted by Crippen LogP contribution is -2.11. The smallest absolute Gasteiger partial charge is 0.342 e. The molecule has 0 aromatic heterocycles. The van der Waals surface area contributed by atoms with Gasteiger partial charge in [-0.2, -0.15) is 0 Å². The molecule has 0 aliphatic heterocycles. The fourth-order valence-corrected chi connectivity index (χ4v) is 3.93. The van der Waals surface area contributed by atoms with Crippen LogP contribution in [0.1, 0.15) is 135 Å². The summed E-state index contributed by atoms with van der Waals surface area (Å²) in [5, 5.41) is 27.6. The normalized spacial score (nSPS) is 11.9. The van der Waals surface area contributed by atoms with Crippen LogP contribution in [0.5, 0.6) is 0 Å². The number of rotatable bonds is 23.